The Bertz CT molecular complexity index is 1380. The van der Waals surface area contributed by atoms with Crippen molar-refractivity contribution in [1.29, 1.82) is 0 Å². The summed E-state index contributed by atoms with van der Waals surface area (Å²) in [5, 5.41) is 2.95. The number of amides is 2. The van der Waals surface area contributed by atoms with Crippen LogP contribution in [0.2, 0.25) is 0 Å². The van der Waals surface area contributed by atoms with E-state index in [2.05, 4.69) is 5.32 Å². The van der Waals surface area contributed by atoms with Gasteiger partial charge in [0.15, 0.2) is 0 Å². The first-order valence-corrected chi connectivity index (χ1v) is 15.0. The molecule has 0 bridgehead atoms. The number of sulfonamides is 1. The number of nitrogens with one attached hydrogen (secondary N) is 1. The number of hydrogen-bond donors (Lipinski definition) is 1. The van der Waals surface area contributed by atoms with Crippen molar-refractivity contribution < 1.29 is 22.7 Å². The van der Waals surface area contributed by atoms with Crippen molar-refractivity contribution in [3.63, 3.8) is 0 Å². The normalized spacial score (nSPS) is 12.7. The van der Waals surface area contributed by atoms with Crippen LogP contribution in [0, 0.1) is 6.92 Å². The molecule has 0 radical (unpaired) electrons. The summed E-state index contributed by atoms with van der Waals surface area (Å²) < 4.78 is 34.3. The number of aryl methyl sites for hydroxylation is 1. The number of carbonyl (C=O) groups excluding carboxylic acids is 2. The Labute approximate surface area is 238 Å². The zero-order chi connectivity index (χ0) is 29.3. The highest BCUT2D eigenvalue weighted by Gasteiger charge is 2.33. The van der Waals surface area contributed by atoms with Crippen LogP contribution in [0.15, 0.2) is 83.8 Å². The van der Waals surface area contributed by atoms with Crippen LogP contribution >= 0.6 is 0 Å². The fraction of sp³-hybridized carbons (Fsp3) is 0.355. The number of carbonyl (C=O) groups is 2. The third-order valence-corrected chi connectivity index (χ3v) is 8.60. The summed E-state index contributed by atoms with van der Waals surface area (Å²) in [6, 6.07) is 21.3. The van der Waals surface area contributed by atoms with Crippen molar-refractivity contribution in [2.45, 2.75) is 64.6 Å². The summed E-state index contributed by atoms with van der Waals surface area (Å²) in [7, 11) is -4.13. The average molecular weight is 566 g/mol. The second-order valence-corrected chi connectivity index (χ2v) is 11.6. The molecule has 0 aliphatic rings. The van der Waals surface area contributed by atoms with E-state index in [1.807, 2.05) is 52.0 Å². The van der Waals surface area contributed by atoms with Gasteiger partial charge in [0.2, 0.25) is 11.8 Å². The molecule has 3 aromatic carbocycles. The third-order valence-electron chi connectivity index (χ3n) is 6.82. The first kappa shape index (κ1) is 30.7. The van der Waals surface area contributed by atoms with E-state index in [1.54, 1.807) is 49.4 Å². The molecule has 40 heavy (non-hydrogen) atoms. The highest BCUT2D eigenvalue weighted by atomic mass is 32.2. The molecule has 2 atom stereocenters. The Morgan fingerprint density at radius 3 is 2.12 bits per heavy atom. The fourth-order valence-corrected chi connectivity index (χ4v) is 5.56. The molecule has 0 aliphatic carbocycles. The minimum Gasteiger partial charge on any atom is -0.494 e. The van der Waals surface area contributed by atoms with Crippen LogP contribution in [0.5, 0.6) is 5.75 Å². The number of benzene rings is 3. The van der Waals surface area contributed by atoms with Gasteiger partial charge in [-0.3, -0.25) is 13.9 Å². The highest BCUT2D eigenvalue weighted by molar-refractivity contribution is 7.92. The SMILES string of the molecule is CCOc1ccc(S(=O)(=O)N(CC(=O)N(Cc2ccccc2C)[C@H](C)C(=O)N[C@H](C)CC)c2ccccc2)cc1. The molecule has 0 heterocycles. The van der Waals surface area contributed by atoms with Crippen molar-refractivity contribution in [2.75, 3.05) is 17.5 Å². The summed E-state index contributed by atoms with van der Waals surface area (Å²) >= 11 is 0. The first-order chi connectivity index (χ1) is 19.1. The molecule has 0 spiro atoms. The van der Waals surface area contributed by atoms with Gasteiger partial charge in [0.1, 0.15) is 18.3 Å². The average Bonchev–Trinajstić information content (AvgIpc) is 2.95. The van der Waals surface area contributed by atoms with E-state index in [0.717, 1.165) is 21.9 Å². The predicted octanol–water partition coefficient (Wildman–Crippen LogP) is 4.92. The second-order valence-electron chi connectivity index (χ2n) is 9.69. The molecule has 0 saturated carbocycles. The topological polar surface area (TPSA) is 96.0 Å². The standard InChI is InChI=1S/C31H39N3O5S/c1-6-24(4)32-31(36)25(5)33(21-26-14-12-11-13-23(26)3)30(35)22-34(27-15-9-8-10-16-27)40(37,38)29-19-17-28(18-20-29)39-7-2/h8-20,24-25H,6-7,21-22H2,1-5H3,(H,32,36)/t24-,25-/m1/s1. The summed E-state index contributed by atoms with van der Waals surface area (Å²) in [5.74, 6) is -0.236. The summed E-state index contributed by atoms with van der Waals surface area (Å²) in [6.45, 7) is 9.46. The van der Waals surface area contributed by atoms with E-state index >= 15 is 0 Å². The number of para-hydroxylation sites is 1. The summed E-state index contributed by atoms with van der Waals surface area (Å²) in [5.41, 5.74) is 2.19. The van der Waals surface area contributed by atoms with Gasteiger partial charge in [-0.15, -0.1) is 0 Å². The maximum absolute atomic E-state index is 14.0. The monoisotopic (exact) mass is 565 g/mol. The van der Waals surface area contributed by atoms with Gasteiger partial charge in [-0.2, -0.15) is 0 Å². The van der Waals surface area contributed by atoms with Gasteiger partial charge in [0.25, 0.3) is 10.0 Å². The number of anilines is 1. The van der Waals surface area contributed by atoms with Gasteiger partial charge in [0.05, 0.1) is 17.2 Å². The number of ether oxygens (including phenoxy) is 1. The molecule has 0 unspecified atom stereocenters. The van der Waals surface area contributed by atoms with Crippen molar-refractivity contribution in [1.82, 2.24) is 10.2 Å². The van der Waals surface area contributed by atoms with Crippen molar-refractivity contribution >= 4 is 27.5 Å². The largest absolute Gasteiger partial charge is 0.494 e. The lowest BCUT2D eigenvalue weighted by Crippen LogP contribution is -2.52. The lowest BCUT2D eigenvalue weighted by molar-refractivity contribution is -0.139. The van der Waals surface area contributed by atoms with Crippen LogP contribution < -0.4 is 14.4 Å². The Balaban J connectivity index is 2.00. The molecule has 1 N–H and O–H groups in total. The van der Waals surface area contributed by atoms with Gasteiger partial charge < -0.3 is 15.0 Å². The molecular weight excluding hydrogens is 526 g/mol. The zero-order valence-electron chi connectivity index (χ0n) is 23.8. The number of rotatable bonds is 13. The van der Waals surface area contributed by atoms with Gasteiger partial charge in [-0.25, -0.2) is 8.42 Å². The molecule has 0 aliphatic heterocycles. The first-order valence-electron chi connectivity index (χ1n) is 13.5. The van der Waals surface area contributed by atoms with E-state index in [9.17, 15) is 18.0 Å². The lowest BCUT2D eigenvalue weighted by Gasteiger charge is -2.32. The molecular formula is C31H39N3O5S. The molecule has 2 amide bonds. The van der Waals surface area contributed by atoms with E-state index in [0.29, 0.717) is 18.0 Å². The smallest absolute Gasteiger partial charge is 0.264 e. The Morgan fingerprint density at radius 1 is 0.900 bits per heavy atom. The zero-order valence-corrected chi connectivity index (χ0v) is 24.6. The van der Waals surface area contributed by atoms with Gasteiger partial charge in [-0.05, 0) is 81.6 Å². The molecule has 8 nitrogen and oxygen atoms in total. The number of hydrogen-bond acceptors (Lipinski definition) is 5. The second kappa shape index (κ2) is 14.0. The van der Waals surface area contributed by atoms with Crippen molar-refractivity contribution in [2.24, 2.45) is 0 Å². The van der Waals surface area contributed by atoms with Crippen LogP contribution in [-0.2, 0) is 26.2 Å². The van der Waals surface area contributed by atoms with Gasteiger partial charge in [0, 0.05) is 12.6 Å². The molecule has 0 aromatic heterocycles. The third kappa shape index (κ3) is 7.63. The predicted molar refractivity (Wildman–Crippen MR) is 158 cm³/mol. The maximum Gasteiger partial charge on any atom is 0.264 e. The van der Waals surface area contributed by atoms with Crippen LogP contribution in [0.4, 0.5) is 5.69 Å². The minimum atomic E-state index is -4.13. The number of nitrogens with zero attached hydrogens (tertiary/aromatic N) is 2. The van der Waals surface area contributed by atoms with Crippen molar-refractivity contribution in [3.8, 4) is 5.75 Å². The van der Waals surface area contributed by atoms with Crippen molar-refractivity contribution in [3.05, 3.63) is 90.0 Å². The molecule has 3 rings (SSSR count). The Morgan fingerprint density at radius 2 is 1.52 bits per heavy atom. The lowest BCUT2D eigenvalue weighted by atomic mass is 10.1. The van der Waals surface area contributed by atoms with E-state index in [4.69, 9.17) is 4.74 Å². The molecule has 3 aromatic rings. The van der Waals surface area contributed by atoms with Gasteiger partial charge in [-0.1, -0.05) is 49.4 Å². The van der Waals surface area contributed by atoms with Crippen LogP contribution in [0.1, 0.15) is 45.2 Å². The Kier molecular flexibility index (Phi) is 10.7. The maximum atomic E-state index is 14.0. The molecule has 214 valence electrons. The van der Waals surface area contributed by atoms with E-state index in [1.165, 1.54) is 17.0 Å². The quantitative estimate of drug-likeness (QED) is 0.317. The fourth-order valence-electron chi connectivity index (χ4n) is 4.14. The highest BCUT2D eigenvalue weighted by Crippen LogP contribution is 2.26. The summed E-state index contributed by atoms with van der Waals surface area (Å²) in [4.78, 5) is 28.6. The van der Waals surface area contributed by atoms with Crippen LogP contribution in [0.3, 0.4) is 0 Å². The van der Waals surface area contributed by atoms with E-state index < -0.39 is 28.5 Å². The summed E-state index contributed by atoms with van der Waals surface area (Å²) in [6.07, 6.45) is 0.742. The van der Waals surface area contributed by atoms with Crippen LogP contribution in [-0.4, -0.2) is 50.4 Å². The molecule has 9 heteroatoms. The molecule has 0 saturated heterocycles. The molecule has 0 fully saturated rings. The van der Waals surface area contributed by atoms with Gasteiger partial charge >= 0.3 is 0 Å². The Hall–Kier alpha value is -3.85. The van der Waals surface area contributed by atoms with E-state index in [-0.39, 0.29) is 23.4 Å². The van der Waals surface area contributed by atoms with Crippen LogP contribution in [0.25, 0.3) is 0 Å². The minimum absolute atomic E-state index is 0.0284.